The van der Waals surface area contributed by atoms with E-state index >= 15 is 0 Å². The Labute approximate surface area is 108 Å². The Kier molecular flexibility index (Phi) is 3.47. The van der Waals surface area contributed by atoms with Crippen LogP contribution in [0.25, 0.3) is 5.82 Å². The summed E-state index contributed by atoms with van der Waals surface area (Å²) in [4.78, 5) is 14.5. The van der Waals surface area contributed by atoms with E-state index in [1.807, 2.05) is 0 Å². The van der Waals surface area contributed by atoms with Crippen LogP contribution in [0.15, 0.2) is 36.8 Å². The van der Waals surface area contributed by atoms with Gasteiger partial charge in [0.05, 0.1) is 5.69 Å². The molecule has 0 aliphatic heterocycles. The zero-order valence-corrected chi connectivity index (χ0v) is 10.4. The third-order valence-corrected chi connectivity index (χ3v) is 3.24. The number of anilines is 1. The first kappa shape index (κ1) is 13.0. The van der Waals surface area contributed by atoms with Gasteiger partial charge in [0.2, 0.25) is 10.0 Å². The lowest BCUT2D eigenvalue weighted by atomic mass is 10.4. The second-order valence-corrected chi connectivity index (χ2v) is 5.30. The predicted molar refractivity (Wildman–Crippen MR) is 66.4 cm³/mol. The van der Waals surface area contributed by atoms with Crippen molar-refractivity contribution in [2.24, 2.45) is 0 Å². The van der Waals surface area contributed by atoms with Gasteiger partial charge >= 0.3 is 5.97 Å². The molecule has 0 unspecified atom stereocenters. The average molecular weight is 282 g/mol. The van der Waals surface area contributed by atoms with Crippen molar-refractivity contribution in [2.45, 2.75) is 0 Å². The molecular weight excluding hydrogens is 272 g/mol. The van der Waals surface area contributed by atoms with E-state index in [-0.39, 0.29) is 11.5 Å². The summed E-state index contributed by atoms with van der Waals surface area (Å²) in [7, 11) is -3.98. The van der Waals surface area contributed by atoms with Gasteiger partial charge in [0, 0.05) is 18.6 Å². The number of nitrogens with zero attached hydrogens (tertiary/aromatic N) is 3. The van der Waals surface area contributed by atoms with Gasteiger partial charge in [0.15, 0.2) is 11.6 Å². The zero-order valence-electron chi connectivity index (χ0n) is 9.59. The molecule has 19 heavy (non-hydrogen) atoms. The van der Waals surface area contributed by atoms with Gasteiger partial charge in [-0.15, -0.1) is 0 Å². The number of pyridine rings is 1. The standard InChI is InChI=1S/C10H10N4O4S/c15-9(16)7-19(17,18)13-8-3-1-4-11-10(8)14-6-2-5-12-14/h1-6,13H,7H2,(H,15,16). The molecule has 0 saturated carbocycles. The van der Waals surface area contributed by atoms with E-state index in [1.165, 1.54) is 29.2 Å². The molecule has 2 aromatic heterocycles. The monoisotopic (exact) mass is 282 g/mol. The van der Waals surface area contributed by atoms with E-state index in [0.717, 1.165) is 0 Å². The normalized spacial score (nSPS) is 11.2. The number of carboxylic acid groups (broad SMARTS) is 1. The summed E-state index contributed by atoms with van der Waals surface area (Å²) < 4.78 is 26.7. The summed E-state index contributed by atoms with van der Waals surface area (Å²) in [6, 6.07) is 4.67. The molecule has 9 heteroatoms. The summed E-state index contributed by atoms with van der Waals surface area (Å²) in [5, 5.41) is 12.5. The van der Waals surface area contributed by atoms with Gasteiger partial charge in [0.25, 0.3) is 0 Å². The van der Waals surface area contributed by atoms with Crippen molar-refractivity contribution in [3.05, 3.63) is 36.8 Å². The third kappa shape index (κ3) is 3.28. The molecule has 0 aromatic carbocycles. The maximum absolute atomic E-state index is 11.6. The highest BCUT2D eigenvalue weighted by Crippen LogP contribution is 2.17. The first-order valence-corrected chi connectivity index (χ1v) is 6.80. The molecule has 0 bridgehead atoms. The van der Waals surface area contributed by atoms with E-state index < -0.39 is 21.7 Å². The SMILES string of the molecule is O=C(O)CS(=O)(=O)Nc1cccnc1-n1cccn1. The number of carbonyl (C=O) groups is 1. The molecule has 2 rings (SSSR count). The van der Waals surface area contributed by atoms with Crippen LogP contribution in [0.5, 0.6) is 0 Å². The van der Waals surface area contributed by atoms with Gasteiger partial charge in [-0.3, -0.25) is 9.52 Å². The van der Waals surface area contributed by atoms with E-state index in [9.17, 15) is 13.2 Å². The molecule has 8 nitrogen and oxygen atoms in total. The number of rotatable bonds is 5. The van der Waals surface area contributed by atoms with Crippen molar-refractivity contribution in [3.8, 4) is 5.82 Å². The number of sulfonamides is 1. The molecule has 0 radical (unpaired) electrons. The number of hydrogen-bond donors (Lipinski definition) is 2. The fourth-order valence-corrected chi connectivity index (χ4v) is 2.31. The summed E-state index contributed by atoms with van der Waals surface area (Å²) in [5.41, 5.74) is 0.160. The first-order valence-electron chi connectivity index (χ1n) is 5.15. The lowest BCUT2D eigenvalue weighted by molar-refractivity contribution is -0.134. The largest absolute Gasteiger partial charge is 0.480 e. The fraction of sp³-hybridized carbons (Fsp3) is 0.100. The van der Waals surface area contributed by atoms with Crippen molar-refractivity contribution in [2.75, 3.05) is 10.5 Å². The lowest BCUT2D eigenvalue weighted by Gasteiger charge is -2.10. The Hall–Kier alpha value is -2.42. The van der Waals surface area contributed by atoms with Crippen LogP contribution >= 0.6 is 0 Å². The van der Waals surface area contributed by atoms with Gasteiger partial charge in [0.1, 0.15) is 0 Å². The van der Waals surface area contributed by atoms with E-state index in [2.05, 4.69) is 14.8 Å². The highest BCUT2D eigenvalue weighted by Gasteiger charge is 2.18. The molecule has 0 spiro atoms. The van der Waals surface area contributed by atoms with Crippen LogP contribution < -0.4 is 4.72 Å². The smallest absolute Gasteiger partial charge is 0.320 e. The molecule has 0 atom stereocenters. The third-order valence-electron chi connectivity index (χ3n) is 2.09. The van der Waals surface area contributed by atoms with E-state index in [0.29, 0.717) is 0 Å². The van der Waals surface area contributed by atoms with Crippen LogP contribution in [-0.4, -0.2) is 40.0 Å². The Bertz CT molecular complexity index is 681. The number of carboxylic acids is 1. The van der Waals surface area contributed by atoms with Gasteiger partial charge in [-0.2, -0.15) is 5.10 Å². The molecular formula is C10H10N4O4S. The summed E-state index contributed by atoms with van der Waals surface area (Å²) in [6.07, 6.45) is 4.59. The fourth-order valence-electron chi connectivity index (χ4n) is 1.42. The molecule has 0 amide bonds. The summed E-state index contributed by atoms with van der Waals surface area (Å²) in [6.45, 7) is 0. The maximum atomic E-state index is 11.6. The van der Waals surface area contributed by atoms with Crippen LogP contribution in [0, 0.1) is 0 Å². The topological polar surface area (TPSA) is 114 Å². The quantitative estimate of drug-likeness (QED) is 0.803. The molecule has 2 heterocycles. The molecule has 0 aliphatic carbocycles. The molecule has 2 aromatic rings. The minimum atomic E-state index is -3.98. The number of hydrogen-bond acceptors (Lipinski definition) is 5. The number of aliphatic carboxylic acids is 1. The number of nitrogens with one attached hydrogen (secondary N) is 1. The summed E-state index contributed by atoms with van der Waals surface area (Å²) >= 11 is 0. The minimum Gasteiger partial charge on any atom is -0.480 e. The second kappa shape index (κ2) is 5.06. The Morgan fingerprint density at radius 1 is 1.37 bits per heavy atom. The Morgan fingerprint density at radius 2 is 2.16 bits per heavy atom. The number of aromatic nitrogens is 3. The minimum absolute atomic E-state index is 0.160. The van der Waals surface area contributed by atoms with Crippen LogP contribution in [0.2, 0.25) is 0 Å². The first-order chi connectivity index (χ1) is 8.98. The van der Waals surface area contributed by atoms with Crippen molar-refractivity contribution in [1.29, 1.82) is 0 Å². The average Bonchev–Trinajstić information content (AvgIpc) is 2.80. The van der Waals surface area contributed by atoms with Crippen LogP contribution in [0.1, 0.15) is 0 Å². The molecule has 0 saturated heterocycles. The van der Waals surface area contributed by atoms with Crippen LogP contribution in [0.3, 0.4) is 0 Å². The highest BCUT2D eigenvalue weighted by atomic mass is 32.2. The van der Waals surface area contributed by atoms with E-state index in [4.69, 9.17) is 5.11 Å². The van der Waals surface area contributed by atoms with Crippen molar-refractivity contribution >= 4 is 21.7 Å². The zero-order chi connectivity index (χ0) is 13.9. The predicted octanol–water partition coefficient (Wildman–Crippen LogP) is 0.0936. The Balaban J connectivity index is 2.34. The molecule has 0 aliphatic rings. The van der Waals surface area contributed by atoms with Gasteiger partial charge in [-0.1, -0.05) is 0 Å². The molecule has 2 N–H and O–H groups in total. The molecule has 100 valence electrons. The van der Waals surface area contributed by atoms with Crippen molar-refractivity contribution in [1.82, 2.24) is 14.8 Å². The van der Waals surface area contributed by atoms with Gasteiger partial charge in [-0.25, -0.2) is 18.1 Å². The second-order valence-electron chi connectivity index (χ2n) is 3.58. The van der Waals surface area contributed by atoms with Crippen molar-refractivity contribution < 1.29 is 18.3 Å². The molecule has 0 fully saturated rings. The van der Waals surface area contributed by atoms with Gasteiger partial charge in [-0.05, 0) is 18.2 Å². The highest BCUT2D eigenvalue weighted by molar-refractivity contribution is 7.93. The Morgan fingerprint density at radius 3 is 2.79 bits per heavy atom. The maximum Gasteiger partial charge on any atom is 0.320 e. The summed E-state index contributed by atoms with van der Waals surface area (Å²) in [5.74, 6) is -2.18. The lowest BCUT2D eigenvalue weighted by Crippen LogP contribution is -2.23. The van der Waals surface area contributed by atoms with Gasteiger partial charge < -0.3 is 5.11 Å². The van der Waals surface area contributed by atoms with Crippen LogP contribution in [-0.2, 0) is 14.8 Å². The van der Waals surface area contributed by atoms with Crippen LogP contribution in [0.4, 0.5) is 5.69 Å². The van der Waals surface area contributed by atoms with Crippen molar-refractivity contribution in [3.63, 3.8) is 0 Å². The van der Waals surface area contributed by atoms with E-state index in [1.54, 1.807) is 12.3 Å².